The van der Waals surface area contributed by atoms with Crippen molar-refractivity contribution in [3.63, 3.8) is 0 Å². The van der Waals surface area contributed by atoms with Crippen LogP contribution in [0.2, 0.25) is 0 Å². The van der Waals surface area contributed by atoms with E-state index in [9.17, 15) is 27.4 Å². The molecule has 20 nitrogen and oxygen atoms in total. The number of nitriles is 2. The van der Waals surface area contributed by atoms with E-state index in [4.69, 9.17) is 49.5 Å². The fourth-order valence-corrected chi connectivity index (χ4v) is 11.7. The lowest BCUT2D eigenvalue weighted by Crippen LogP contribution is -2.27. The normalized spacial score (nSPS) is 14.5. The lowest BCUT2D eigenvalue weighted by atomic mass is 10.1. The van der Waals surface area contributed by atoms with Gasteiger partial charge < -0.3 is 58.7 Å². The second-order valence-electron chi connectivity index (χ2n) is 20.2. The summed E-state index contributed by atoms with van der Waals surface area (Å²) in [5, 5.41) is 30.3. The van der Waals surface area contributed by atoms with Crippen molar-refractivity contribution in [2.45, 2.75) is 43.6 Å². The molecule has 3 N–H and O–H groups in total. The molecule has 0 saturated carbocycles. The summed E-state index contributed by atoms with van der Waals surface area (Å²) in [4.78, 5) is 11.1. The van der Waals surface area contributed by atoms with Crippen molar-refractivity contribution in [3.8, 4) is 69.6 Å². The molecule has 2 aromatic heterocycles. The highest BCUT2D eigenvalue weighted by atomic mass is 35.5. The summed E-state index contributed by atoms with van der Waals surface area (Å²) >= 11 is 5.76. The maximum Gasteiger partial charge on any atom is 0.169 e. The number of alkyl halides is 1. The Bertz CT molecular complexity index is 3960. The van der Waals surface area contributed by atoms with Crippen LogP contribution in [0, 0.1) is 22.7 Å². The third kappa shape index (κ3) is 17.7. The fraction of sp³-hybridized carbons (Fsp3) is 0.323. The van der Waals surface area contributed by atoms with Gasteiger partial charge in [0.15, 0.2) is 65.7 Å². The van der Waals surface area contributed by atoms with E-state index in [1.807, 2.05) is 109 Å². The van der Waals surface area contributed by atoms with Crippen molar-refractivity contribution in [2.75, 3.05) is 103 Å². The average molecular weight is 1260 g/mol. The van der Waals surface area contributed by atoms with Crippen LogP contribution in [-0.2, 0) is 19.7 Å². The summed E-state index contributed by atoms with van der Waals surface area (Å²) < 4.78 is 90.9. The van der Waals surface area contributed by atoms with Gasteiger partial charge in [0, 0.05) is 84.7 Å². The van der Waals surface area contributed by atoms with Crippen LogP contribution in [0.4, 0.5) is 22.7 Å². The average Bonchev–Trinajstić information content (AvgIpc) is 2.35. The minimum atomic E-state index is -3.02. The third-order valence-electron chi connectivity index (χ3n) is 14.3. The molecule has 10 rings (SSSR count). The van der Waals surface area contributed by atoms with Gasteiger partial charge in [-0.15, -0.1) is 11.6 Å². The number of anilines is 4. The van der Waals surface area contributed by atoms with E-state index < -0.39 is 19.7 Å². The van der Waals surface area contributed by atoms with E-state index >= 15 is 0 Å². The van der Waals surface area contributed by atoms with Crippen molar-refractivity contribution < 1.29 is 54.7 Å². The van der Waals surface area contributed by atoms with Crippen molar-refractivity contribution in [2.24, 2.45) is 0 Å². The summed E-state index contributed by atoms with van der Waals surface area (Å²) in [6.45, 7) is 4.48. The monoisotopic (exact) mass is 1260 g/mol. The number of nitrogens with one attached hydrogen (secondary N) is 3. The van der Waals surface area contributed by atoms with Gasteiger partial charge in [-0.3, -0.25) is 9.97 Å². The van der Waals surface area contributed by atoms with E-state index in [2.05, 4.69) is 43.0 Å². The van der Waals surface area contributed by atoms with Gasteiger partial charge in [0.25, 0.3) is 0 Å². The second kappa shape index (κ2) is 31.7. The van der Waals surface area contributed by atoms with Crippen LogP contribution in [0.5, 0.6) is 57.5 Å². The Hall–Kier alpha value is -8.77. The number of hydrogen-bond donors (Lipinski definition) is 3. The number of pyridine rings is 2. The number of methoxy groups -OCH3 is 4. The standard InChI is InChI=1S/C32H34N4O6S.C27H24ClN3O4.C5H11NO2S.CH4/c1-39-28-7-4-5-8-29(28)42-24-11-9-23(10-12-24)35-32-22(19-33)20-34-27-18-31(30(40-2)17-26(27)32)41-16-6-14-36-15-13-25(21-36)43(3,37)38;1-32-23-6-3-4-7-24(23)35-20-10-8-19(9-11-20)31-27-18(16-29)17-30-22-15-26(34-13-5-12-28)25(33-2)14-21(22)27;1-9(7,8)5-2-3-6-4-5;/h4-5,7-12,17-18,20,25H,6,13-16,21H2,1-3H3,(H,34,35);3-4,6-11,14-15,17H,5,12-13H2,1-2H3,(H,30,31);5-6H,2-4H2,1H3;1H4. The number of sulfone groups is 2. The molecule has 464 valence electrons. The highest BCUT2D eigenvalue weighted by Gasteiger charge is 2.30. The van der Waals surface area contributed by atoms with E-state index in [1.54, 1.807) is 46.8 Å². The van der Waals surface area contributed by atoms with E-state index in [1.165, 1.54) is 18.7 Å². The zero-order valence-corrected chi connectivity index (χ0v) is 51.6. The number of para-hydroxylation sites is 4. The van der Waals surface area contributed by atoms with Crippen LogP contribution in [0.25, 0.3) is 21.8 Å². The Morgan fingerprint density at radius 2 is 1.03 bits per heavy atom. The number of hydrogen-bond acceptors (Lipinski definition) is 20. The fourth-order valence-electron chi connectivity index (χ4n) is 9.60. The third-order valence-corrected chi connectivity index (χ3v) is 17.7. The summed E-state index contributed by atoms with van der Waals surface area (Å²) in [7, 11) is 0.561. The van der Waals surface area contributed by atoms with Gasteiger partial charge in [-0.1, -0.05) is 31.7 Å². The largest absolute Gasteiger partial charge is 0.493 e. The predicted molar refractivity (Wildman–Crippen MR) is 345 cm³/mol. The Labute approximate surface area is 520 Å². The van der Waals surface area contributed by atoms with Gasteiger partial charge >= 0.3 is 0 Å². The Kier molecular flexibility index (Phi) is 24.1. The molecule has 2 aliphatic heterocycles. The van der Waals surface area contributed by atoms with E-state index in [0.29, 0.717) is 141 Å². The molecule has 2 saturated heterocycles. The van der Waals surface area contributed by atoms with Gasteiger partial charge in [0.1, 0.15) is 23.6 Å². The van der Waals surface area contributed by atoms with Crippen LogP contribution < -0.4 is 53.8 Å². The number of halogens is 1. The van der Waals surface area contributed by atoms with Gasteiger partial charge in [-0.05, 0) is 124 Å². The molecule has 0 aliphatic carbocycles. The summed E-state index contributed by atoms with van der Waals surface area (Å²) in [6.07, 6.45) is 8.58. The molecule has 0 bridgehead atoms. The quantitative estimate of drug-likeness (QED) is 0.0397. The van der Waals surface area contributed by atoms with Crippen molar-refractivity contribution in [3.05, 3.63) is 145 Å². The van der Waals surface area contributed by atoms with Crippen molar-refractivity contribution >= 4 is 75.8 Å². The van der Waals surface area contributed by atoms with Gasteiger partial charge in [0.05, 0.1) is 85.7 Å². The van der Waals surface area contributed by atoms with E-state index in [-0.39, 0.29) is 17.9 Å². The first-order chi connectivity index (χ1) is 42.0. The first-order valence-corrected chi connectivity index (χ1v) is 32.3. The van der Waals surface area contributed by atoms with Gasteiger partial charge in [-0.2, -0.15) is 10.5 Å². The molecular weight excluding hydrogens is 1180 g/mol. The molecule has 4 heterocycles. The number of fused-ring (bicyclic) bond motifs is 2. The van der Waals surface area contributed by atoms with Crippen molar-refractivity contribution in [1.82, 2.24) is 20.2 Å². The van der Waals surface area contributed by atoms with Crippen LogP contribution in [-0.4, -0.2) is 135 Å². The molecule has 2 atom stereocenters. The number of nitrogens with zero attached hydrogens (tertiary/aromatic N) is 5. The highest BCUT2D eigenvalue weighted by molar-refractivity contribution is 7.91. The molecular formula is C65H73ClN8O12S2. The van der Waals surface area contributed by atoms with Crippen molar-refractivity contribution in [1.29, 1.82) is 10.5 Å². The molecule has 2 fully saturated rings. The molecule has 0 radical (unpaired) electrons. The number of benzene rings is 6. The zero-order valence-electron chi connectivity index (χ0n) is 49.2. The Balaban J connectivity index is 0.000000220. The Morgan fingerprint density at radius 3 is 1.41 bits per heavy atom. The smallest absolute Gasteiger partial charge is 0.169 e. The lowest BCUT2D eigenvalue weighted by Gasteiger charge is -2.17. The second-order valence-corrected chi connectivity index (χ2v) is 25.3. The minimum absolute atomic E-state index is 0. The Morgan fingerprint density at radius 1 is 0.591 bits per heavy atom. The molecule has 2 unspecified atom stereocenters. The van der Waals surface area contributed by atoms with Gasteiger partial charge in [-0.25, -0.2) is 16.8 Å². The number of ether oxygens (including phenoxy) is 8. The van der Waals surface area contributed by atoms with Crippen LogP contribution in [0.15, 0.2) is 134 Å². The number of aromatic nitrogens is 2. The summed E-state index contributed by atoms with van der Waals surface area (Å²) in [6, 6.07) is 41.4. The molecule has 0 spiro atoms. The molecule has 8 aromatic rings. The molecule has 23 heteroatoms. The lowest BCUT2D eigenvalue weighted by molar-refractivity contribution is 0.254. The van der Waals surface area contributed by atoms with Crippen LogP contribution >= 0.6 is 11.6 Å². The first-order valence-electron chi connectivity index (χ1n) is 27.9. The summed E-state index contributed by atoms with van der Waals surface area (Å²) in [5.41, 5.74) is 4.87. The number of rotatable bonds is 23. The van der Waals surface area contributed by atoms with Crippen LogP contribution in [0.1, 0.15) is 44.2 Å². The molecule has 6 aromatic carbocycles. The topological polar surface area (TPSA) is 255 Å². The zero-order chi connectivity index (χ0) is 61.9. The molecule has 2 aliphatic rings. The maximum absolute atomic E-state index is 11.8. The van der Waals surface area contributed by atoms with Gasteiger partial charge in [0.2, 0.25) is 0 Å². The SMILES string of the molecule is C.COc1cc2c(Nc3ccc(Oc4ccccc4OC)cc3)c(C#N)cnc2cc1OCCCCl.COc1cc2c(Nc3ccc(Oc4ccccc4OC)cc3)c(C#N)cnc2cc1OCCCN1CCC(S(C)(=O)=O)C1.CS(=O)(=O)C1CCNC1. The minimum Gasteiger partial charge on any atom is -0.493 e. The predicted octanol–water partition coefficient (Wildman–Crippen LogP) is 12.2. The first kappa shape index (κ1) is 66.8. The summed E-state index contributed by atoms with van der Waals surface area (Å²) in [5.74, 6) is 6.51. The number of likely N-dealkylation sites (tertiary alicyclic amines) is 1. The highest BCUT2D eigenvalue weighted by Crippen LogP contribution is 2.40. The maximum atomic E-state index is 11.8. The van der Waals surface area contributed by atoms with Crippen LogP contribution in [0.3, 0.4) is 0 Å². The molecule has 0 amide bonds. The molecule has 88 heavy (non-hydrogen) atoms. The van der Waals surface area contributed by atoms with E-state index in [0.717, 1.165) is 49.2 Å².